The first-order valence-electron chi connectivity index (χ1n) is 11.3. The van der Waals surface area contributed by atoms with Crippen LogP contribution in [-0.2, 0) is 11.3 Å². The number of piperidine rings is 1. The van der Waals surface area contributed by atoms with Gasteiger partial charge < -0.3 is 14.6 Å². The maximum absolute atomic E-state index is 12.5. The average molecular weight is 468 g/mol. The number of nitrogens with one attached hydrogen (secondary N) is 1. The first-order valence-corrected chi connectivity index (χ1v) is 11.7. The fourth-order valence-corrected chi connectivity index (χ4v) is 4.43. The highest BCUT2D eigenvalue weighted by Crippen LogP contribution is 2.31. The second kappa shape index (κ2) is 10.4. The van der Waals surface area contributed by atoms with Gasteiger partial charge in [-0.3, -0.25) is 4.90 Å². The Bertz CT molecular complexity index is 1100. The third-order valence-corrected chi connectivity index (χ3v) is 6.61. The Morgan fingerprint density at radius 1 is 1.18 bits per heavy atom. The zero-order chi connectivity index (χ0) is 23.4. The van der Waals surface area contributed by atoms with Crippen molar-refractivity contribution in [3.8, 4) is 11.3 Å². The summed E-state index contributed by atoms with van der Waals surface area (Å²) >= 11 is 5.99. The molecule has 33 heavy (non-hydrogen) atoms. The van der Waals surface area contributed by atoms with E-state index in [4.69, 9.17) is 20.9 Å². The van der Waals surface area contributed by atoms with Crippen LogP contribution in [0.3, 0.4) is 0 Å². The average Bonchev–Trinajstić information content (AvgIpc) is 3.25. The molecule has 0 unspecified atom stereocenters. The van der Waals surface area contributed by atoms with Gasteiger partial charge in [0.15, 0.2) is 5.56 Å². The van der Waals surface area contributed by atoms with E-state index in [0.717, 1.165) is 44.6 Å². The Kier molecular flexibility index (Phi) is 7.36. The van der Waals surface area contributed by atoms with E-state index in [1.165, 1.54) is 23.8 Å². The molecule has 0 bridgehead atoms. The number of hydrogen-bond donors (Lipinski definition) is 1. The van der Waals surface area contributed by atoms with E-state index in [-0.39, 0.29) is 0 Å². The number of likely N-dealkylation sites (tertiary alicyclic amines) is 1. The minimum Gasteiger partial charge on any atom is -0.465 e. The summed E-state index contributed by atoms with van der Waals surface area (Å²) in [6.45, 7) is 8.14. The number of ether oxygens (including phenoxy) is 1. The molecule has 1 aliphatic heterocycles. The van der Waals surface area contributed by atoms with Crippen LogP contribution in [0.25, 0.3) is 11.3 Å². The molecule has 0 amide bonds. The number of halogens is 1. The molecule has 1 aliphatic rings. The molecule has 2 aromatic carbocycles. The van der Waals surface area contributed by atoms with Gasteiger partial charge in [-0.2, -0.15) is 0 Å². The lowest BCUT2D eigenvalue weighted by Gasteiger charge is -2.32. The van der Waals surface area contributed by atoms with Gasteiger partial charge in [0.2, 0.25) is 5.88 Å². The first kappa shape index (κ1) is 23.3. The predicted molar refractivity (Wildman–Crippen MR) is 131 cm³/mol. The lowest BCUT2D eigenvalue weighted by molar-refractivity contribution is 0.0602. The van der Waals surface area contributed by atoms with Gasteiger partial charge in [0.05, 0.1) is 7.11 Å². The summed E-state index contributed by atoms with van der Waals surface area (Å²) in [6.07, 6.45) is 2.17. The molecule has 0 aliphatic carbocycles. The minimum atomic E-state index is -0.480. The third kappa shape index (κ3) is 5.57. The Morgan fingerprint density at radius 3 is 2.61 bits per heavy atom. The van der Waals surface area contributed by atoms with Crippen LogP contribution < -0.4 is 5.32 Å². The number of methoxy groups -OCH3 is 1. The normalized spacial score (nSPS) is 14.9. The molecule has 1 saturated heterocycles. The number of benzene rings is 2. The zero-order valence-corrected chi connectivity index (χ0v) is 20.1. The van der Waals surface area contributed by atoms with E-state index in [9.17, 15) is 4.79 Å². The highest BCUT2D eigenvalue weighted by Gasteiger charge is 2.26. The minimum absolute atomic E-state index is 0.312. The number of esters is 1. The van der Waals surface area contributed by atoms with E-state index >= 15 is 0 Å². The van der Waals surface area contributed by atoms with Crippen molar-refractivity contribution < 1.29 is 14.1 Å². The van der Waals surface area contributed by atoms with E-state index in [1.54, 1.807) is 12.1 Å². The Morgan fingerprint density at radius 2 is 1.91 bits per heavy atom. The van der Waals surface area contributed by atoms with Gasteiger partial charge in [0.25, 0.3) is 0 Å². The summed E-state index contributed by atoms with van der Waals surface area (Å²) < 4.78 is 10.5. The van der Waals surface area contributed by atoms with Crippen molar-refractivity contribution in [2.45, 2.75) is 33.2 Å². The molecule has 174 valence electrons. The summed E-state index contributed by atoms with van der Waals surface area (Å²) in [7, 11) is 1.36. The Hall–Kier alpha value is -2.83. The van der Waals surface area contributed by atoms with Crippen molar-refractivity contribution in [1.82, 2.24) is 10.1 Å². The Labute approximate surface area is 199 Å². The fourth-order valence-electron chi connectivity index (χ4n) is 4.30. The zero-order valence-electron chi connectivity index (χ0n) is 19.4. The largest absolute Gasteiger partial charge is 0.465 e. The smallest absolute Gasteiger partial charge is 0.345 e. The monoisotopic (exact) mass is 467 g/mol. The van der Waals surface area contributed by atoms with Gasteiger partial charge in [-0.05, 0) is 69.0 Å². The molecular formula is C26H30ClN3O3. The summed E-state index contributed by atoms with van der Waals surface area (Å²) in [5.41, 5.74) is 5.57. The summed E-state index contributed by atoms with van der Waals surface area (Å²) in [5, 5.41) is 8.05. The van der Waals surface area contributed by atoms with E-state index in [2.05, 4.69) is 47.4 Å². The van der Waals surface area contributed by atoms with Crippen molar-refractivity contribution in [2.24, 2.45) is 5.92 Å². The number of anilines is 1. The lowest BCUT2D eigenvalue weighted by atomic mass is 9.95. The maximum Gasteiger partial charge on any atom is 0.345 e. The molecule has 0 spiro atoms. The number of rotatable bonds is 7. The third-order valence-electron chi connectivity index (χ3n) is 6.36. The van der Waals surface area contributed by atoms with Crippen molar-refractivity contribution in [3.05, 3.63) is 69.7 Å². The second-order valence-electron chi connectivity index (χ2n) is 8.76. The Balaban J connectivity index is 1.37. The molecular weight excluding hydrogens is 438 g/mol. The molecule has 0 saturated carbocycles. The highest BCUT2D eigenvalue weighted by atomic mass is 35.5. The molecule has 2 heterocycles. The van der Waals surface area contributed by atoms with Gasteiger partial charge in [-0.25, -0.2) is 4.79 Å². The van der Waals surface area contributed by atoms with E-state index in [1.807, 2.05) is 12.1 Å². The van der Waals surface area contributed by atoms with Crippen LogP contribution in [0.4, 0.5) is 5.88 Å². The molecule has 1 aromatic heterocycles. The maximum atomic E-state index is 12.5. The van der Waals surface area contributed by atoms with Crippen LogP contribution in [0, 0.1) is 19.8 Å². The van der Waals surface area contributed by atoms with Crippen LogP contribution >= 0.6 is 11.6 Å². The second-order valence-corrected chi connectivity index (χ2v) is 9.20. The standard InChI is InChI=1S/C26H30ClN3O3/c1-17-4-5-18(2)21(14-17)16-30-12-10-19(11-13-30)15-28-25-23(26(31)32-3)24(29-33-25)20-6-8-22(27)9-7-20/h4-9,14,19,28H,10-13,15-16H2,1-3H3. The van der Waals surface area contributed by atoms with Crippen LogP contribution in [-0.4, -0.2) is 42.8 Å². The quantitative estimate of drug-likeness (QED) is 0.448. The van der Waals surface area contributed by atoms with Crippen molar-refractivity contribution >= 4 is 23.5 Å². The molecule has 0 atom stereocenters. The number of hydrogen-bond acceptors (Lipinski definition) is 6. The molecule has 1 fully saturated rings. The van der Waals surface area contributed by atoms with Crippen LogP contribution in [0.5, 0.6) is 0 Å². The number of aryl methyl sites for hydroxylation is 2. The summed E-state index contributed by atoms with van der Waals surface area (Å²) in [5.74, 6) is 0.367. The number of carbonyl (C=O) groups excluding carboxylic acids is 1. The van der Waals surface area contributed by atoms with Gasteiger partial charge in [0.1, 0.15) is 5.69 Å². The lowest BCUT2D eigenvalue weighted by Crippen LogP contribution is -2.35. The molecule has 4 rings (SSSR count). The van der Waals surface area contributed by atoms with Crippen LogP contribution in [0.2, 0.25) is 5.02 Å². The van der Waals surface area contributed by atoms with E-state index in [0.29, 0.717) is 28.1 Å². The molecule has 3 aromatic rings. The van der Waals surface area contributed by atoms with E-state index < -0.39 is 5.97 Å². The fraction of sp³-hybridized carbons (Fsp3) is 0.385. The topological polar surface area (TPSA) is 67.6 Å². The van der Waals surface area contributed by atoms with Crippen LogP contribution in [0.15, 0.2) is 47.0 Å². The van der Waals surface area contributed by atoms with Gasteiger partial charge in [0, 0.05) is 23.7 Å². The van der Waals surface area contributed by atoms with Gasteiger partial charge in [-0.15, -0.1) is 0 Å². The number of carbonyl (C=O) groups is 1. The SMILES string of the molecule is COC(=O)c1c(-c2ccc(Cl)cc2)noc1NCC1CCN(Cc2cc(C)ccc2C)CC1. The predicted octanol–water partition coefficient (Wildman–Crippen LogP) is 5.72. The first-order chi connectivity index (χ1) is 15.9. The van der Waals surface area contributed by atoms with Crippen molar-refractivity contribution in [2.75, 3.05) is 32.1 Å². The van der Waals surface area contributed by atoms with Gasteiger partial charge >= 0.3 is 5.97 Å². The van der Waals surface area contributed by atoms with Crippen molar-refractivity contribution in [1.29, 1.82) is 0 Å². The number of aromatic nitrogens is 1. The highest BCUT2D eigenvalue weighted by molar-refractivity contribution is 6.30. The summed E-state index contributed by atoms with van der Waals surface area (Å²) in [6, 6.07) is 13.8. The van der Waals surface area contributed by atoms with Crippen LogP contribution in [0.1, 0.15) is 39.9 Å². The molecule has 0 radical (unpaired) electrons. The summed E-state index contributed by atoms with van der Waals surface area (Å²) in [4.78, 5) is 15.0. The molecule has 1 N–H and O–H groups in total. The van der Waals surface area contributed by atoms with Crippen molar-refractivity contribution in [3.63, 3.8) is 0 Å². The van der Waals surface area contributed by atoms with Gasteiger partial charge in [-0.1, -0.05) is 52.7 Å². The molecule has 7 heteroatoms. The number of nitrogens with zero attached hydrogens (tertiary/aromatic N) is 2. The molecule has 6 nitrogen and oxygen atoms in total.